The lowest BCUT2D eigenvalue weighted by atomic mass is 10.3. The largest absolute Gasteiger partial charge is 0.477 e. The van der Waals surface area contributed by atoms with Gasteiger partial charge in [0.05, 0.1) is 11.9 Å². The first kappa shape index (κ1) is 12.5. The third kappa shape index (κ3) is 2.33. The molecule has 0 aliphatic rings. The summed E-state index contributed by atoms with van der Waals surface area (Å²) < 4.78 is 13.7. The van der Waals surface area contributed by atoms with Crippen molar-refractivity contribution in [2.24, 2.45) is 0 Å². The van der Waals surface area contributed by atoms with Gasteiger partial charge >= 0.3 is 5.97 Å². The molecule has 1 heterocycles. The number of anilines is 2. The van der Waals surface area contributed by atoms with E-state index in [1.165, 1.54) is 12.3 Å². The van der Waals surface area contributed by atoms with E-state index in [1.807, 2.05) is 6.92 Å². The number of hydrogen-bond acceptors (Lipinski definition) is 4. The van der Waals surface area contributed by atoms with Gasteiger partial charge in [0.1, 0.15) is 10.7 Å². The molecule has 0 amide bonds. The second kappa shape index (κ2) is 5.14. The van der Waals surface area contributed by atoms with Crippen LogP contribution in [0.3, 0.4) is 0 Å². The fourth-order valence-electron chi connectivity index (χ4n) is 1.57. The van der Waals surface area contributed by atoms with Crippen molar-refractivity contribution in [1.82, 2.24) is 4.98 Å². The maximum atomic E-state index is 13.7. The molecular weight excluding hydrogens is 255 g/mol. The number of carbonyl (C=O) groups is 1. The van der Waals surface area contributed by atoms with E-state index >= 15 is 0 Å². The molecule has 0 aliphatic heterocycles. The van der Waals surface area contributed by atoms with Crippen LogP contribution >= 0.6 is 11.3 Å². The summed E-state index contributed by atoms with van der Waals surface area (Å²) >= 11 is 1.03. The average molecular weight is 266 g/mol. The van der Waals surface area contributed by atoms with Crippen molar-refractivity contribution in [3.63, 3.8) is 0 Å². The lowest BCUT2D eigenvalue weighted by Gasteiger charge is -2.20. The highest BCUT2D eigenvalue weighted by molar-refractivity contribution is 7.17. The van der Waals surface area contributed by atoms with Crippen molar-refractivity contribution in [2.45, 2.75) is 6.92 Å². The fraction of sp³-hybridized carbons (Fsp3) is 0.167. The Bertz CT molecular complexity index is 571. The number of para-hydroxylation sites is 1. The van der Waals surface area contributed by atoms with Crippen LogP contribution in [0.4, 0.5) is 15.2 Å². The Morgan fingerprint density at radius 1 is 1.50 bits per heavy atom. The molecule has 0 radical (unpaired) electrons. The van der Waals surface area contributed by atoms with Crippen molar-refractivity contribution < 1.29 is 14.3 Å². The third-order valence-corrected chi connectivity index (χ3v) is 3.40. The van der Waals surface area contributed by atoms with Crippen LogP contribution in [0, 0.1) is 5.82 Å². The summed E-state index contributed by atoms with van der Waals surface area (Å²) in [6, 6.07) is 6.34. The summed E-state index contributed by atoms with van der Waals surface area (Å²) in [5.74, 6) is -1.38. The molecule has 18 heavy (non-hydrogen) atoms. The summed E-state index contributed by atoms with van der Waals surface area (Å²) in [7, 11) is 0. The van der Waals surface area contributed by atoms with Gasteiger partial charge in [0, 0.05) is 6.54 Å². The van der Waals surface area contributed by atoms with Crippen molar-refractivity contribution >= 4 is 28.1 Å². The number of thiazole rings is 1. The van der Waals surface area contributed by atoms with Crippen molar-refractivity contribution in [1.29, 1.82) is 0 Å². The average Bonchev–Trinajstić information content (AvgIpc) is 2.82. The highest BCUT2D eigenvalue weighted by Gasteiger charge is 2.17. The van der Waals surface area contributed by atoms with Gasteiger partial charge < -0.3 is 10.0 Å². The van der Waals surface area contributed by atoms with Gasteiger partial charge in [-0.05, 0) is 19.1 Å². The number of benzene rings is 1. The molecule has 0 atom stereocenters. The van der Waals surface area contributed by atoms with E-state index in [1.54, 1.807) is 23.1 Å². The Morgan fingerprint density at radius 3 is 2.78 bits per heavy atom. The van der Waals surface area contributed by atoms with Crippen molar-refractivity contribution in [3.05, 3.63) is 41.2 Å². The molecular formula is C12H11FN2O2S. The lowest BCUT2D eigenvalue weighted by Crippen LogP contribution is -2.16. The predicted molar refractivity (Wildman–Crippen MR) is 68.2 cm³/mol. The highest BCUT2D eigenvalue weighted by Crippen LogP contribution is 2.30. The summed E-state index contributed by atoms with van der Waals surface area (Å²) in [6.07, 6.45) is 1.28. The van der Waals surface area contributed by atoms with Crippen molar-refractivity contribution in [3.8, 4) is 0 Å². The number of aromatic carboxylic acids is 1. The molecule has 1 N–H and O–H groups in total. The van der Waals surface area contributed by atoms with Gasteiger partial charge in [-0.25, -0.2) is 14.2 Å². The van der Waals surface area contributed by atoms with Crippen LogP contribution in [-0.2, 0) is 0 Å². The fourth-order valence-corrected chi connectivity index (χ4v) is 2.40. The van der Waals surface area contributed by atoms with E-state index in [0.717, 1.165) is 11.3 Å². The zero-order chi connectivity index (χ0) is 13.1. The summed E-state index contributed by atoms with van der Waals surface area (Å²) in [5.41, 5.74) is 0.395. The molecule has 4 nitrogen and oxygen atoms in total. The molecule has 0 bridgehead atoms. The number of hydrogen-bond donors (Lipinski definition) is 1. The van der Waals surface area contributed by atoms with Gasteiger partial charge in [-0.15, -0.1) is 0 Å². The number of carboxylic acids is 1. The van der Waals surface area contributed by atoms with Crippen LogP contribution in [0.5, 0.6) is 0 Å². The SMILES string of the molecule is CCN(c1ncc(C(=O)O)s1)c1ccccc1F. The molecule has 2 rings (SSSR count). The van der Waals surface area contributed by atoms with E-state index in [4.69, 9.17) is 5.11 Å². The van der Waals surface area contributed by atoms with Gasteiger partial charge in [0.2, 0.25) is 0 Å². The standard InChI is InChI=1S/C12H11FN2O2S/c1-2-15(9-6-4-3-5-8(9)13)12-14-7-10(18-12)11(16)17/h3-7H,2H2,1H3,(H,16,17). The molecule has 2 aromatic rings. The Hall–Kier alpha value is -1.95. The molecule has 6 heteroatoms. The normalized spacial score (nSPS) is 10.3. The first-order chi connectivity index (χ1) is 8.63. The van der Waals surface area contributed by atoms with Crippen LogP contribution in [-0.4, -0.2) is 22.6 Å². The second-order valence-corrected chi connectivity index (χ2v) is 4.52. The van der Waals surface area contributed by atoms with Gasteiger partial charge in [-0.2, -0.15) is 0 Å². The third-order valence-electron chi connectivity index (χ3n) is 2.39. The van der Waals surface area contributed by atoms with Crippen LogP contribution in [0.15, 0.2) is 30.5 Å². The van der Waals surface area contributed by atoms with Gasteiger partial charge in [0.25, 0.3) is 0 Å². The van der Waals surface area contributed by atoms with E-state index in [0.29, 0.717) is 17.4 Å². The molecule has 0 unspecified atom stereocenters. The van der Waals surface area contributed by atoms with E-state index in [-0.39, 0.29) is 10.7 Å². The molecule has 1 aromatic heterocycles. The van der Waals surface area contributed by atoms with E-state index < -0.39 is 5.97 Å². The van der Waals surface area contributed by atoms with Crippen LogP contribution in [0.1, 0.15) is 16.6 Å². The van der Waals surface area contributed by atoms with Crippen LogP contribution < -0.4 is 4.90 Å². The number of carboxylic acid groups (broad SMARTS) is 1. The molecule has 0 fully saturated rings. The van der Waals surface area contributed by atoms with Crippen LogP contribution in [0.25, 0.3) is 0 Å². The molecule has 94 valence electrons. The Kier molecular flexibility index (Phi) is 3.57. The first-order valence-corrected chi connectivity index (χ1v) is 6.16. The Labute approximate surface area is 107 Å². The first-order valence-electron chi connectivity index (χ1n) is 5.34. The molecule has 1 aromatic carbocycles. The van der Waals surface area contributed by atoms with E-state index in [2.05, 4.69) is 4.98 Å². The maximum Gasteiger partial charge on any atom is 0.347 e. The molecule has 0 aliphatic carbocycles. The Balaban J connectivity index is 2.39. The zero-order valence-electron chi connectivity index (χ0n) is 9.63. The number of nitrogens with zero attached hydrogens (tertiary/aromatic N) is 2. The maximum absolute atomic E-state index is 13.7. The quantitative estimate of drug-likeness (QED) is 0.923. The summed E-state index contributed by atoms with van der Waals surface area (Å²) in [5, 5.41) is 9.33. The van der Waals surface area contributed by atoms with Gasteiger partial charge in [0.15, 0.2) is 5.13 Å². The smallest absolute Gasteiger partial charge is 0.347 e. The zero-order valence-corrected chi connectivity index (χ0v) is 10.4. The molecule has 0 spiro atoms. The summed E-state index contributed by atoms with van der Waals surface area (Å²) in [6.45, 7) is 2.36. The van der Waals surface area contributed by atoms with Crippen molar-refractivity contribution in [2.75, 3.05) is 11.4 Å². The summed E-state index contributed by atoms with van der Waals surface area (Å²) in [4.78, 5) is 16.6. The number of halogens is 1. The second-order valence-electron chi connectivity index (χ2n) is 3.51. The monoisotopic (exact) mass is 266 g/mol. The minimum atomic E-state index is -1.02. The number of rotatable bonds is 4. The van der Waals surface area contributed by atoms with E-state index in [9.17, 15) is 9.18 Å². The topological polar surface area (TPSA) is 53.4 Å². The number of aromatic nitrogens is 1. The molecule has 0 saturated heterocycles. The minimum absolute atomic E-state index is 0.139. The highest BCUT2D eigenvalue weighted by atomic mass is 32.1. The predicted octanol–water partition coefficient (Wildman–Crippen LogP) is 3.14. The van der Waals surface area contributed by atoms with Gasteiger partial charge in [-0.3, -0.25) is 0 Å². The molecule has 0 saturated carbocycles. The van der Waals surface area contributed by atoms with Crippen LogP contribution in [0.2, 0.25) is 0 Å². The van der Waals surface area contributed by atoms with Gasteiger partial charge in [-0.1, -0.05) is 23.5 Å². The lowest BCUT2D eigenvalue weighted by molar-refractivity contribution is 0.0702. The minimum Gasteiger partial charge on any atom is -0.477 e. The Morgan fingerprint density at radius 2 is 2.22 bits per heavy atom.